The van der Waals surface area contributed by atoms with Crippen LogP contribution in [0.25, 0.3) is 0 Å². The summed E-state index contributed by atoms with van der Waals surface area (Å²) in [5, 5.41) is 0. The second kappa shape index (κ2) is 4.92. The lowest BCUT2D eigenvalue weighted by molar-refractivity contribution is -0.135. The third-order valence-electron chi connectivity index (χ3n) is 2.54. The summed E-state index contributed by atoms with van der Waals surface area (Å²) < 4.78 is 4.43. The molecule has 86 valence electrons. The van der Waals surface area contributed by atoms with Crippen LogP contribution in [0, 0.1) is 6.92 Å². The molecule has 0 aromatic heterocycles. The molecular weight excluding hydrogens is 204 g/mol. The van der Waals surface area contributed by atoms with Gasteiger partial charge in [-0.2, -0.15) is 0 Å². The first-order valence-corrected chi connectivity index (χ1v) is 5.20. The third kappa shape index (κ3) is 2.48. The molecule has 0 saturated carbocycles. The molecule has 1 rings (SSSR count). The Labute approximate surface area is 95.4 Å². The van der Waals surface area contributed by atoms with Gasteiger partial charge in [0.2, 0.25) is 0 Å². The lowest BCUT2D eigenvalue weighted by atomic mass is 9.96. The maximum atomic E-state index is 11.7. The van der Waals surface area contributed by atoms with Crippen LogP contribution in [0.5, 0.6) is 0 Å². The first kappa shape index (κ1) is 12.4. The molecule has 0 bridgehead atoms. The molecule has 0 aliphatic heterocycles. The highest BCUT2D eigenvalue weighted by atomic mass is 16.5. The van der Waals surface area contributed by atoms with Crippen molar-refractivity contribution >= 4 is 11.8 Å². The number of benzene rings is 1. The fraction of sp³-hybridized carbons (Fsp3) is 0.385. The van der Waals surface area contributed by atoms with E-state index in [1.807, 2.05) is 26.0 Å². The third-order valence-corrected chi connectivity index (χ3v) is 2.54. The number of methoxy groups -OCH3 is 1. The van der Waals surface area contributed by atoms with E-state index in [2.05, 4.69) is 4.74 Å². The number of ketones is 1. The Balaban J connectivity index is 3.17. The summed E-state index contributed by atoms with van der Waals surface area (Å²) in [5.41, 5.74) is 2.26. The number of hydrogen-bond donors (Lipinski definition) is 0. The minimum atomic E-state index is -0.816. The van der Waals surface area contributed by atoms with E-state index in [9.17, 15) is 9.59 Å². The fourth-order valence-electron chi connectivity index (χ4n) is 1.45. The Hall–Kier alpha value is -1.64. The van der Waals surface area contributed by atoms with Crippen LogP contribution in [0.1, 0.15) is 41.3 Å². The number of ether oxygens (including phenoxy) is 1. The summed E-state index contributed by atoms with van der Waals surface area (Å²) in [6, 6.07) is 5.58. The molecular formula is C13H16O3. The van der Waals surface area contributed by atoms with Crippen molar-refractivity contribution < 1.29 is 14.3 Å². The van der Waals surface area contributed by atoms with E-state index in [0.717, 1.165) is 11.1 Å². The quantitative estimate of drug-likeness (QED) is 0.446. The summed E-state index contributed by atoms with van der Waals surface area (Å²) in [7, 11) is 1.21. The lowest BCUT2D eigenvalue weighted by Crippen LogP contribution is -2.17. The number of esters is 1. The highest BCUT2D eigenvalue weighted by molar-refractivity contribution is 6.41. The molecule has 0 heterocycles. The van der Waals surface area contributed by atoms with Gasteiger partial charge < -0.3 is 4.74 Å². The predicted molar refractivity (Wildman–Crippen MR) is 61.6 cm³/mol. The normalized spacial score (nSPS) is 10.3. The molecule has 0 radical (unpaired) electrons. The number of hydrogen-bond acceptors (Lipinski definition) is 3. The average Bonchev–Trinajstić information content (AvgIpc) is 2.27. The summed E-state index contributed by atoms with van der Waals surface area (Å²) in [6.45, 7) is 5.88. The van der Waals surface area contributed by atoms with Gasteiger partial charge in [-0.15, -0.1) is 0 Å². The molecule has 0 amide bonds. The second-order valence-electron chi connectivity index (χ2n) is 4.05. The van der Waals surface area contributed by atoms with Crippen molar-refractivity contribution in [1.82, 2.24) is 0 Å². The van der Waals surface area contributed by atoms with Crippen molar-refractivity contribution in [3.8, 4) is 0 Å². The number of carbonyl (C=O) groups is 2. The van der Waals surface area contributed by atoms with Crippen molar-refractivity contribution in [2.24, 2.45) is 0 Å². The maximum absolute atomic E-state index is 11.7. The van der Waals surface area contributed by atoms with Crippen molar-refractivity contribution in [2.45, 2.75) is 26.7 Å². The van der Waals surface area contributed by atoms with Crippen molar-refractivity contribution in [3.63, 3.8) is 0 Å². The van der Waals surface area contributed by atoms with Gasteiger partial charge in [-0.05, 0) is 30.0 Å². The standard InChI is InChI=1S/C13H16O3/c1-8(2)10-6-5-9(3)11(7-10)12(14)13(15)16-4/h5-8H,1-4H3. The van der Waals surface area contributed by atoms with Crippen LogP contribution in [-0.4, -0.2) is 18.9 Å². The van der Waals surface area contributed by atoms with Gasteiger partial charge in [0.05, 0.1) is 7.11 Å². The van der Waals surface area contributed by atoms with Crippen LogP contribution < -0.4 is 0 Å². The molecule has 3 heteroatoms. The van der Waals surface area contributed by atoms with Gasteiger partial charge in [-0.1, -0.05) is 26.0 Å². The van der Waals surface area contributed by atoms with Crippen LogP contribution in [0.2, 0.25) is 0 Å². The molecule has 16 heavy (non-hydrogen) atoms. The van der Waals surface area contributed by atoms with Gasteiger partial charge in [0, 0.05) is 5.56 Å². The molecule has 0 N–H and O–H groups in total. The highest BCUT2D eigenvalue weighted by Crippen LogP contribution is 2.19. The van der Waals surface area contributed by atoms with Gasteiger partial charge in [-0.25, -0.2) is 4.79 Å². The first-order valence-electron chi connectivity index (χ1n) is 5.20. The van der Waals surface area contributed by atoms with Crippen molar-refractivity contribution in [3.05, 3.63) is 34.9 Å². The van der Waals surface area contributed by atoms with Gasteiger partial charge in [-0.3, -0.25) is 4.79 Å². The molecule has 0 aliphatic rings. The number of carbonyl (C=O) groups excluding carboxylic acids is 2. The van der Waals surface area contributed by atoms with Gasteiger partial charge in [0.25, 0.3) is 5.78 Å². The Kier molecular flexibility index (Phi) is 3.82. The molecule has 1 aromatic rings. The number of rotatable bonds is 3. The van der Waals surface area contributed by atoms with E-state index in [0.29, 0.717) is 11.5 Å². The van der Waals surface area contributed by atoms with E-state index < -0.39 is 11.8 Å². The zero-order valence-corrected chi connectivity index (χ0v) is 10.0. The molecule has 0 spiro atoms. The number of aryl methyl sites for hydroxylation is 1. The van der Waals surface area contributed by atoms with Crippen LogP contribution in [0.3, 0.4) is 0 Å². The Morgan fingerprint density at radius 1 is 1.25 bits per heavy atom. The van der Waals surface area contributed by atoms with Gasteiger partial charge in [0.1, 0.15) is 0 Å². The van der Waals surface area contributed by atoms with Gasteiger partial charge in [0.15, 0.2) is 0 Å². The lowest BCUT2D eigenvalue weighted by Gasteiger charge is -2.09. The summed E-state index contributed by atoms with van der Waals surface area (Å²) in [5.74, 6) is -1.07. The summed E-state index contributed by atoms with van der Waals surface area (Å²) in [6.07, 6.45) is 0. The predicted octanol–water partition coefficient (Wildman–Crippen LogP) is 2.47. The number of Topliss-reactive ketones (excluding diaryl/α,β-unsaturated/α-hetero) is 1. The molecule has 0 fully saturated rings. The maximum Gasteiger partial charge on any atom is 0.379 e. The minimum Gasteiger partial charge on any atom is -0.463 e. The van der Waals surface area contributed by atoms with E-state index in [1.165, 1.54) is 7.11 Å². The molecule has 0 atom stereocenters. The summed E-state index contributed by atoms with van der Waals surface area (Å²) in [4.78, 5) is 22.9. The largest absolute Gasteiger partial charge is 0.463 e. The second-order valence-corrected chi connectivity index (χ2v) is 4.05. The zero-order valence-electron chi connectivity index (χ0n) is 10.0. The minimum absolute atomic E-state index is 0.324. The molecule has 0 saturated heterocycles. The molecule has 0 aliphatic carbocycles. The molecule has 1 aromatic carbocycles. The van der Waals surface area contributed by atoms with Crippen LogP contribution in [0.4, 0.5) is 0 Å². The van der Waals surface area contributed by atoms with Crippen LogP contribution in [-0.2, 0) is 9.53 Å². The Morgan fingerprint density at radius 2 is 1.88 bits per heavy atom. The molecule has 3 nitrogen and oxygen atoms in total. The van der Waals surface area contributed by atoms with Crippen molar-refractivity contribution in [1.29, 1.82) is 0 Å². The average molecular weight is 220 g/mol. The zero-order chi connectivity index (χ0) is 12.3. The molecule has 0 unspecified atom stereocenters. The Morgan fingerprint density at radius 3 is 2.38 bits per heavy atom. The SMILES string of the molecule is COC(=O)C(=O)c1cc(C(C)C)ccc1C. The van der Waals surface area contributed by atoms with Gasteiger partial charge >= 0.3 is 5.97 Å². The monoisotopic (exact) mass is 220 g/mol. The van der Waals surface area contributed by atoms with E-state index >= 15 is 0 Å². The van der Waals surface area contributed by atoms with E-state index in [-0.39, 0.29) is 0 Å². The van der Waals surface area contributed by atoms with Crippen molar-refractivity contribution in [2.75, 3.05) is 7.11 Å². The highest BCUT2D eigenvalue weighted by Gasteiger charge is 2.19. The van der Waals surface area contributed by atoms with Crippen LogP contribution in [0.15, 0.2) is 18.2 Å². The summed E-state index contributed by atoms with van der Waals surface area (Å²) >= 11 is 0. The Bertz CT molecular complexity index is 419. The van der Waals surface area contributed by atoms with E-state index in [4.69, 9.17) is 0 Å². The topological polar surface area (TPSA) is 43.4 Å². The first-order chi connectivity index (χ1) is 7.47. The fourth-order valence-corrected chi connectivity index (χ4v) is 1.45. The van der Waals surface area contributed by atoms with E-state index in [1.54, 1.807) is 13.0 Å². The smallest absolute Gasteiger partial charge is 0.379 e. The van der Waals surface area contributed by atoms with Crippen LogP contribution >= 0.6 is 0 Å².